The van der Waals surface area contributed by atoms with Gasteiger partial charge in [0.25, 0.3) is 0 Å². The minimum Gasteiger partial charge on any atom is -0.297 e. The number of nitrogens with one attached hydrogen (secondary N) is 1. The van der Waals surface area contributed by atoms with Crippen LogP contribution in [-0.2, 0) is 6.54 Å². The molecule has 6 heteroatoms. The summed E-state index contributed by atoms with van der Waals surface area (Å²) in [6, 6.07) is 23.7. The van der Waals surface area contributed by atoms with Crippen LogP contribution >= 0.6 is 0 Å². The molecule has 5 nitrogen and oxygen atoms in total. The number of benzene rings is 3. The average Bonchev–Trinajstić information content (AvgIpc) is 2.94. The molecule has 0 unspecified atom stereocenters. The van der Waals surface area contributed by atoms with Gasteiger partial charge in [0.15, 0.2) is 0 Å². The molecule has 1 N–H and O–H groups in total. The molecule has 3 aromatic rings. The lowest BCUT2D eigenvalue weighted by Gasteiger charge is -2.30. The van der Waals surface area contributed by atoms with Gasteiger partial charge in [-0.25, -0.2) is 9.18 Å². The molecule has 206 valence electrons. The summed E-state index contributed by atoms with van der Waals surface area (Å²) in [6.45, 7) is 4.93. The molecular formula is C33H41FN4O. The molecule has 1 aliphatic carbocycles. The lowest BCUT2D eigenvalue weighted by atomic mass is 9.96. The quantitative estimate of drug-likeness (QED) is 0.371. The minimum atomic E-state index is -0.349. The fraction of sp³-hybridized carbons (Fsp3) is 0.394. The first-order chi connectivity index (χ1) is 19.0. The maximum absolute atomic E-state index is 14.1. The lowest BCUT2D eigenvalue weighted by molar-refractivity contribution is 0.241. The number of nitrogens with zero attached hydrogens (tertiary/aromatic N) is 3. The van der Waals surface area contributed by atoms with Crippen LogP contribution in [0.1, 0.15) is 57.5 Å². The molecule has 2 aliphatic rings. The summed E-state index contributed by atoms with van der Waals surface area (Å²) in [5.41, 5.74) is 5.47. The van der Waals surface area contributed by atoms with Crippen molar-refractivity contribution in [1.82, 2.24) is 10.2 Å². The maximum Gasteiger partial charge on any atom is 0.327 e. The Balaban J connectivity index is 0.00000370. The highest BCUT2D eigenvalue weighted by molar-refractivity contribution is 6.04. The molecule has 1 saturated heterocycles. The molecule has 2 amide bonds. The van der Waals surface area contributed by atoms with Crippen LogP contribution in [0, 0.1) is 12.7 Å². The van der Waals surface area contributed by atoms with Gasteiger partial charge in [-0.15, -0.1) is 0 Å². The second-order valence-corrected chi connectivity index (χ2v) is 10.9. The summed E-state index contributed by atoms with van der Waals surface area (Å²) >= 11 is 0. The summed E-state index contributed by atoms with van der Waals surface area (Å²) < 4.78 is 14.1. The van der Waals surface area contributed by atoms with E-state index in [9.17, 15) is 9.18 Å². The molecule has 0 aromatic heterocycles. The Hall–Kier alpha value is -3.51. The Labute approximate surface area is 233 Å². The van der Waals surface area contributed by atoms with E-state index in [4.69, 9.17) is 4.99 Å². The molecule has 3 aromatic carbocycles. The summed E-state index contributed by atoms with van der Waals surface area (Å²) in [4.78, 5) is 22.5. The third-order valence-corrected chi connectivity index (χ3v) is 7.78. The van der Waals surface area contributed by atoms with E-state index >= 15 is 0 Å². The summed E-state index contributed by atoms with van der Waals surface area (Å²) in [7, 11) is 0. The van der Waals surface area contributed by atoms with Crippen molar-refractivity contribution in [3.8, 4) is 11.1 Å². The number of urea groups is 1. The van der Waals surface area contributed by atoms with E-state index in [0.29, 0.717) is 18.8 Å². The first-order valence-electron chi connectivity index (χ1n) is 14.3. The number of amidine groups is 1. The Morgan fingerprint density at radius 3 is 2.49 bits per heavy atom. The molecule has 1 saturated carbocycles. The predicted octanol–water partition coefficient (Wildman–Crippen LogP) is 7.59. The predicted molar refractivity (Wildman–Crippen MR) is 160 cm³/mol. The zero-order valence-electron chi connectivity index (χ0n) is 22.9. The Kier molecular flexibility index (Phi) is 9.04. The molecule has 0 bridgehead atoms. The molecule has 0 spiro atoms. The SMILES string of the molecule is Cc1ccc(-c2cccc(CN3CCCC(=NC4CCCCC4)NC(=O)N(c4cccc(F)c4)CC3)c2)cc1.[HH]. The van der Waals surface area contributed by atoms with Gasteiger partial charge in [0.2, 0.25) is 0 Å². The van der Waals surface area contributed by atoms with Crippen LogP contribution in [0.5, 0.6) is 0 Å². The molecule has 2 fully saturated rings. The normalized spacial score (nSPS) is 19.2. The number of aryl methyl sites for hydroxylation is 1. The molecule has 1 heterocycles. The molecule has 5 rings (SSSR count). The third kappa shape index (κ3) is 7.54. The summed E-state index contributed by atoms with van der Waals surface area (Å²) in [6.07, 6.45) is 7.46. The number of carbonyl (C=O) groups is 1. The van der Waals surface area contributed by atoms with Gasteiger partial charge in [-0.3, -0.25) is 20.1 Å². The fourth-order valence-corrected chi connectivity index (χ4v) is 5.61. The van der Waals surface area contributed by atoms with Crippen molar-refractivity contribution in [3.05, 3.63) is 89.7 Å². The standard InChI is InChI=1S/C33H39FN4O.H2/c1-25-15-17-27(18-16-25)28-9-5-8-26(22-28)24-37-19-7-14-32(35-30-11-3-2-4-12-30)36-33(39)38(21-20-37)31-13-6-10-29(34)23-31;/h5-6,8-10,13,15-18,22-23,30H,2-4,7,11-12,14,19-21,24H2,1H3,(H,35,36,39);1H. The highest BCUT2D eigenvalue weighted by Crippen LogP contribution is 2.24. The van der Waals surface area contributed by atoms with E-state index in [0.717, 1.165) is 44.6 Å². The molecular weight excluding hydrogens is 487 g/mol. The second kappa shape index (κ2) is 13.0. The van der Waals surface area contributed by atoms with Gasteiger partial charge in [-0.05, 0) is 73.7 Å². The first kappa shape index (κ1) is 27.1. The number of anilines is 1. The van der Waals surface area contributed by atoms with Crippen LogP contribution in [0.3, 0.4) is 0 Å². The van der Waals surface area contributed by atoms with E-state index < -0.39 is 0 Å². The van der Waals surface area contributed by atoms with Crippen molar-refractivity contribution >= 4 is 17.6 Å². The van der Waals surface area contributed by atoms with Crippen molar-refractivity contribution in [3.63, 3.8) is 0 Å². The van der Waals surface area contributed by atoms with Gasteiger partial charge in [-0.1, -0.05) is 73.4 Å². The van der Waals surface area contributed by atoms with Gasteiger partial charge < -0.3 is 0 Å². The Bertz CT molecular complexity index is 1290. The molecule has 1 aliphatic heterocycles. The minimum absolute atomic E-state index is 0. The highest BCUT2D eigenvalue weighted by Gasteiger charge is 2.22. The van der Waals surface area contributed by atoms with E-state index in [1.54, 1.807) is 17.0 Å². The number of hydrogen-bond acceptors (Lipinski definition) is 3. The van der Waals surface area contributed by atoms with E-state index in [1.165, 1.54) is 53.6 Å². The van der Waals surface area contributed by atoms with Crippen molar-refractivity contribution in [2.24, 2.45) is 4.99 Å². The smallest absolute Gasteiger partial charge is 0.297 e. The first-order valence-corrected chi connectivity index (χ1v) is 14.3. The van der Waals surface area contributed by atoms with Gasteiger partial charge in [0.1, 0.15) is 11.7 Å². The molecule has 0 atom stereocenters. The van der Waals surface area contributed by atoms with Crippen LogP contribution in [-0.4, -0.2) is 42.4 Å². The van der Waals surface area contributed by atoms with Gasteiger partial charge in [0, 0.05) is 33.2 Å². The number of aliphatic imine (C=N–C) groups is 1. The van der Waals surface area contributed by atoms with E-state index in [2.05, 4.69) is 65.7 Å². The van der Waals surface area contributed by atoms with Crippen LogP contribution in [0.4, 0.5) is 14.9 Å². The number of rotatable bonds is 5. The van der Waals surface area contributed by atoms with Crippen LogP contribution < -0.4 is 10.2 Å². The van der Waals surface area contributed by atoms with Gasteiger partial charge in [-0.2, -0.15) is 0 Å². The van der Waals surface area contributed by atoms with Crippen molar-refractivity contribution in [1.29, 1.82) is 0 Å². The molecule has 39 heavy (non-hydrogen) atoms. The largest absolute Gasteiger partial charge is 0.327 e. The number of amides is 2. The Morgan fingerprint density at radius 1 is 0.897 bits per heavy atom. The van der Waals surface area contributed by atoms with Crippen molar-refractivity contribution in [2.45, 2.75) is 64.5 Å². The number of hydrogen-bond donors (Lipinski definition) is 1. The van der Waals surface area contributed by atoms with Crippen molar-refractivity contribution in [2.75, 3.05) is 24.5 Å². The van der Waals surface area contributed by atoms with Crippen LogP contribution in [0.25, 0.3) is 11.1 Å². The fourth-order valence-electron chi connectivity index (χ4n) is 5.61. The third-order valence-electron chi connectivity index (χ3n) is 7.78. The zero-order chi connectivity index (χ0) is 27.0. The summed E-state index contributed by atoms with van der Waals surface area (Å²) in [5, 5.41) is 3.09. The van der Waals surface area contributed by atoms with Gasteiger partial charge >= 0.3 is 6.03 Å². The lowest BCUT2D eigenvalue weighted by Crippen LogP contribution is -2.48. The monoisotopic (exact) mass is 528 g/mol. The van der Waals surface area contributed by atoms with Gasteiger partial charge in [0.05, 0.1) is 6.04 Å². The molecule has 0 radical (unpaired) electrons. The van der Waals surface area contributed by atoms with E-state index in [1.807, 2.05) is 0 Å². The number of carbonyl (C=O) groups excluding carboxylic acids is 1. The highest BCUT2D eigenvalue weighted by atomic mass is 19.1. The Morgan fingerprint density at radius 2 is 1.69 bits per heavy atom. The average molecular weight is 529 g/mol. The number of halogens is 1. The second-order valence-electron chi connectivity index (χ2n) is 10.9. The van der Waals surface area contributed by atoms with E-state index in [-0.39, 0.29) is 19.3 Å². The summed E-state index contributed by atoms with van der Waals surface area (Å²) in [5.74, 6) is 0.412. The topological polar surface area (TPSA) is 47.9 Å². The van der Waals surface area contributed by atoms with Crippen molar-refractivity contribution < 1.29 is 10.6 Å². The zero-order valence-corrected chi connectivity index (χ0v) is 22.9. The maximum atomic E-state index is 14.1. The van der Waals surface area contributed by atoms with Crippen LogP contribution in [0.2, 0.25) is 0 Å². The van der Waals surface area contributed by atoms with Crippen LogP contribution in [0.15, 0.2) is 77.8 Å².